The topological polar surface area (TPSA) is 106 Å². The first-order valence-electron chi connectivity index (χ1n) is 12.8. The quantitative estimate of drug-likeness (QED) is 0.237. The van der Waals surface area contributed by atoms with Gasteiger partial charge in [-0.25, -0.2) is 14.4 Å². The lowest BCUT2D eigenvalue weighted by atomic mass is 10.2. The molecule has 0 aliphatic rings. The van der Waals surface area contributed by atoms with Crippen LogP contribution < -0.4 is 20.1 Å². The van der Waals surface area contributed by atoms with Gasteiger partial charge in [-0.15, -0.1) is 0 Å². The molecule has 0 saturated heterocycles. The Morgan fingerprint density at radius 1 is 1.15 bits per heavy atom. The Morgan fingerprint density at radius 2 is 2.00 bits per heavy atom. The van der Waals surface area contributed by atoms with Gasteiger partial charge in [0.2, 0.25) is 5.91 Å². The van der Waals surface area contributed by atoms with Gasteiger partial charge in [0.1, 0.15) is 24.5 Å². The average Bonchev–Trinajstić information content (AvgIpc) is 3.32. The van der Waals surface area contributed by atoms with Crippen molar-refractivity contribution in [2.24, 2.45) is 5.92 Å². The minimum atomic E-state index is -0.421. The number of nitrogens with zero attached hydrogens (tertiary/aromatic N) is 5. The zero-order valence-corrected chi connectivity index (χ0v) is 22.6. The van der Waals surface area contributed by atoms with Crippen LogP contribution in [0, 0.1) is 11.7 Å². The molecule has 11 heteroatoms. The number of anilines is 3. The van der Waals surface area contributed by atoms with Gasteiger partial charge in [-0.1, -0.05) is 19.9 Å². The monoisotopic (exact) mass is 535 g/mol. The van der Waals surface area contributed by atoms with Gasteiger partial charge < -0.3 is 25.0 Å². The van der Waals surface area contributed by atoms with Crippen molar-refractivity contribution in [3.05, 3.63) is 60.9 Å². The molecule has 1 amide bonds. The zero-order chi connectivity index (χ0) is 27.8. The predicted molar refractivity (Wildman–Crippen MR) is 149 cm³/mol. The second-order valence-corrected chi connectivity index (χ2v) is 9.71. The number of hydrogen-bond donors (Lipinski definition) is 2. The standard InChI is InChI=1S/C28H34FN7O3/c1-19(2)15-35(3)9-6-10-39-26-13-24-23(12-25(26)38-4)28(31-18-30-24)34-22-14-32-36(16-22)17-27(37)33-21-8-5-7-20(29)11-21/h5,7-8,11-14,16,18-19H,6,9-10,15,17H2,1-4H3,(H,33,37)(H,30,31,34). The molecule has 2 N–H and O–H groups in total. The molecule has 0 saturated carbocycles. The third-order valence-electron chi connectivity index (χ3n) is 5.85. The molecule has 2 aromatic heterocycles. The van der Waals surface area contributed by atoms with Gasteiger partial charge >= 0.3 is 0 Å². The van der Waals surface area contributed by atoms with E-state index in [1.807, 2.05) is 12.1 Å². The Balaban J connectivity index is 1.40. The highest BCUT2D eigenvalue weighted by molar-refractivity contribution is 5.93. The molecular weight excluding hydrogens is 501 g/mol. The van der Waals surface area contributed by atoms with E-state index in [0.717, 1.165) is 24.9 Å². The van der Waals surface area contributed by atoms with E-state index in [-0.39, 0.29) is 12.5 Å². The van der Waals surface area contributed by atoms with Crippen molar-refractivity contribution in [3.8, 4) is 11.5 Å². The van der Waals surface area contributed by atoms with Crippen molar-refractivity contribution < 1.29 is 18.7 Å². The molecule has 0 atom stereocenters. The SMILES string of the molecule is COc1cc2c(Nc3cnn(CC(=O)Nc4cccc(F)c4)c3)ncnc2cc1OCCCN(C)CC(C)C. The fourth-order valence-electron chi connectivity index (χ4n) is 4.23. The molecule has 0 spiro atoms. The molecule has 0 bridgehead atoms. The number of methoxy groups -OCH3 is 1. The number of hydrogen-bond acceptors (Lipinski definition) is 8. The van der Waals surface area contributed by atoms with Gasteiger partial charge in [0, 0.05) is 36.4 Å². The van der Waals surface area contributed by atoms with Crippen LogP contribution in [0.4, 0.5) is 21.6 Å². The molecule has 4 aromatic rings. The van der Waals surface area contributed by atoms with Crippen LogP contribution in [0.1, 0.15) is 20.3 Å². The van der Waals surface area contributed by atoms with E-state index in [4.69, 9.17) is 9.47 Å². The van der Waals surface area contributed by atoms with Crippen LogP contribution in [0.25, 0.3) is 10.9 Å². The Labute approximate surface area is 227 Å². The summed E-state index contributed by atoms with van der Waals surface area (Å²) in [5.41, 5.74) is 1.72. The van der Waals surface area contributed by atoms with Gasteiger partial charge in [0.15, 0.2) is 11.5 Å². The Bertz CT molecular complexity index is 1410. The van der Waals surface area contributed by atoms with E-state index in [1.165, 1.54) is 29.2 Å². The van der Waals surface area contributed by atoms with E-state index in [1.54, 1.807) is 25.6 Å². The van der Waals surface area contributed by atoms with Crippen molar-refractivity contribution in [1.82, 2.24) is 24.6 Å². The van der Waals surface area contributed by atoms with E-state index < -0.39 is 5.82 Å². The van der Waals surface area contributed by atoms with Crippen molar-refractivity contribution >= 4 is 34.0 Å². The molecule has 0 radical (unpaired) electrons. The second-order valence-electron chi connectivity index (χ2n) is 9.71. The molecule has 39 heavy (non-hydrogen) atoms. The summed E-state index contributed by atoms with van der Waals surface area (Å²) in [6.45, 7) is 6.94. The maximum Gasteiger partial charge on any atom is 0.246 e. The lowest BCUT2D eigenvalue weighted by molar-refractivity contribution is -0.116. The van der Waals surface area contributed by atoms with E-state index in [0.29, 0.717) is 46.7 Å². The van der Waals surface area contributed by atoms with Gasteiger partial charge in [0.05, 0.1) is 31.1 Å². The van der Waals surface area contributed by atoms with Crippen LogP contribution in [-0.2, 0) is 11.3 Å². The number of halogens is 1. The summed E-state index contributed by atoms with van der Waals surface area (Å²) in [4.78, 5) is 23.4. The summed E-state index contributed by atoms with van der Waals surface area (Å²) in [6, 6.07) is 9.41. The van der Waals surface area contributed by atoms with E-state index >= 15 is 0 Å². The summed E-state index contributed by atoms with van der Waals surface area (Å²) >= 11 is 0. The molecule has 2 heterocycles. The van der Waals surface area contributed by atoms with Crippen LogP contribution in [0.15, 0.2) is 55.1 Å². The fourth-order valence-corrected chi connectivity index (χ4v) is 4.23. The van der Waals surface area contributed by atoms with Crippen molar-refractivity contribution in [1.29, 1.82) is 0 Å². The first-order chi connectivity index (χ1) is 18.8. The molecule has 0 unspecified atom stereocenters. The Kier molecular flexibility index (Phi) is 9.27. The van der Waals surface area contributed by atoms with Crippen LogP contribution in [0.2, 0.25) is 0 Å². The van der Waals surface area contributed by atoms with Gasteiger partial charge in [-0.2, -0.15) is 5.10 Å². The zero-order valence-electron chi connectivity index (χ0n) is 22.6. The summed E-state index contributed by atoms with van der Waals surface area (Å²) in [5.74, 6) is 1.64. The molecule has 2 aromatic carbocycles. The van der Waals surface area contributed by atoms with Crippen molar-refractivity contribution in [2.45, 2.75) is 26.8 Å². The van der Waals surface area contributed by atoms with Crippen LogP contribution in [0.5, 0.6) is 11.5 Å². The lowest BCUT2D eigenvalue weighted by Gasteiger charge is -2.19. The Hall–Kier alpha value is -4.25. The number of carbonyl (C=O) groups excluding carboxylic acids is 1. The van der Waals surface area contributed by atoms with Crippen molar-refractivity contribution in [3.63, 3.8) is 0 Å². The molecule has 0 fully saturated rings. The molecule has 4 rings (SSSR count). The molecule has 206 valence electrons. The van der Waals surface area contributed by atoms with Crippen LogP contribution in [0.3, 0.4) is 0 Å². The van der Waals surface area contributed by atoms with E-state index in [2.05, 4.69) is 51.5 Å². The summed E-state index contributed by atoms with van der Waals surface area (Å²) in [7, 11) is 3.72. The summed E-state index contributed by atoms with van der Waals surface area (Å²) in [5, 5.41) is 10.9. The number of benzene rings is 2. The van der Waals surface area contributed by atoms with E-state index in [9.17, 15) is 9.18 Å². The number of amides is 1. The first-order valence-corrected chi connectivity index (χ1v) is 12.8. The average molecular weight is 536 g/mol. The van der Waals surface area contributed by atoms with Gasteiger partial charge in [-0.05, 0) is 43.7 Å². The van der Waals surface area contributed by atoms with Gasteiger partial charge in [-0.3, -0.25) is 9.48 Å². The highest BCUT2D eigenvalue weighted by Gasteiger charge is 2.13. The number of ether oxygens (including phenoxy) is 2. The number of rotatable bonds is 13. The Morgan fingerprint density at radius 3 is 2.77 bits per heavy atom. The van der Waals surface area contributed by atoms with Crippen molar-refractivity contribution in [2.75, 3.05) is 44.5 Å². The predicted octanol–water partition coefficient (Wildman–Crippen LogP) is 4.71. The minimum Gasteiger partial charge on any atom is -0.493 e. The maximum absolute atomic E-state index is 13.4. The molecular formula is C28H34FN7O3. The van der Waals surface area contributed by atoms with Crippen LogP contribution >= 0.6 is 0 Å². The maximum atomic E-state index is 13.4. The largest absolute Gasteiger partial charge is 0.493 e. The highest BCUT2D eigenvalue weighted by atomic mass is 19.1. The fraction of sp³-hybridized carbons (Fsp3) is 0.357. The summed E-state index contributed by atoms with van der Waals surface area (Å²) < 4.78 is 26.5. The second kappa shape index (κ2) is 13.0. The first kappa shape index (κ1) is 27.8. The third-order valence-corrected chi connectivity index (χ3v) is 5.85. The lowest BCUT2D eigenvalue weighted by Crippen LogP contribution is -2.25. The van der Waals surface area contributed by atoms with Gasteiger partial charge in [0.25, 0.3) is 0 Å². The number of aromatic nitrogens is 4. The molecule has 0 aliphatic heterocycles. The number of nitrogens with one attached hydrogen (secondary N) is 2. The number of fused-ring (bicyclic) bond motifs is 1. The summed E-state index contributed by atoms with van der Waals surface area (Å²) in [6.07, 6.45) is 5.64. The normalized spacial score (nSPS) is 11.3. The minimum absolute atomic E-state index is 0.0372. The molecule has 10 nitrogen and oxygen atoms in total. The number of carbonyl (C=O) groups is 1. The molecule has 0 aliphatic carbocycles. The highest BCUT2D eigenvalue weighted by Crippen LogP contribution is 2.34. The smallest absolute Gasteiger partial charge is 0.246 e. The van der Waals surface area contributed by atoms with Crippen LogP contribution in [-0.4, -0.2) is 64.4 Å². The third kappa shape index (κ3) is 7.87.